The van der Waals surface area contributed by atoms with Crippen molar-refractivity contribution in [3.8, 4) is 24.2 Å². The molecular weight excluding hydrogens is 564 g/mol. The van der Waals surface area contributed by atoms with Crippen molar-refractivity contribution < 1.29 is 19.1 Å². The lowest BCUT2D eigenvalue weighted by Crippen LogP contribution is -2.32. The molecule has 2 amide bonds. The van der Waals surface area contributed by atoms with Gasteiger partial charge in [-0.05, 0) is 87.7 Å². The Balaban J connectivity index is 0.000000611. The highest BCUT2D eigenvalue weighted by Crippen LogP contribution is 2.09. The van der Waals surface area contributed by atoms with Gasteiger partial charge in [-0.1, -0.05) is 24.0 Å². The summed E-state index contributed by atoms with van der Waals surface area (Å²) in [5.41, 5.74) is -0.309. The number of pyridine rings is 2. The van der Waals surface area contributed by atoms with Crippen molar-refractivity contribution in [2.24, 2.45) is 0 Å². The number of carbonyl (C=O) groups excluding carboxylic acids is 2. The Bertz CT molecular complexity index is 1140. The smallest absolute Gasteiger partial charge is 0.408 e. The number of carbonyl (C=O) groups is 2. The number of nitrogens with one attached hydrogen (secondary N) is 4. The number of aromatic nitrogens is 2. The summed E-state index contributed by atoms with van der Waals surface area (Å²) in [5.74, 6) is 9.59. The van der Waals surface area contributed by atoms with Crippen LogP contribution < -0.4 is 21.3 Å². The van der Waals surface area contributed by atoms with Crippen LogP contribution in [0.15, 0.2) is 41.0 Å². The fourth-order valence-electron chi connectivity index (χ4n) is 2.19. The normalized spacial score (nSPS) is 9.85. The van der Waals surface area contributed by atoms with Crippen LogP contribution in [0.5, 0.6) is 0 Å². The first-order chi connectivity index (χ1) is 18.2. The first-order valence-electron chi connectivity index (χ1n) is 12.0. The second kappa shape index (κ2) is 18.3. The average molecular weight is 604 g/mol. The number of terminal acetylenes is 1. The zero-order valence-corrected chi connectivity index (χ0v) is 25.4. The lowest BCUT2D eigenvalue weighted by molar-refractivity contribution is 0.0523. The zero-order valence-electron chi connectivity index (χ0n) is 23.9. The third-order valence-corrected chi connectivity index (χ3v) is 4.09. The van der Waals surface area contributed by atoms with Crippen LogP contribution >= 0.6 is 15.9 Å². The van der Waals surface area contributed by atoms with Crippen LogP contribution in [0.2, 0.25) is 0 Å². The van der Waals surface area contributed by atoms with E-state index in [0.717, 1.165) is 16.2 Å². The molecule has 11 heteroatoms. The van der Waals surface area contributed by atoms with E-state index in [4.69, 9.17) is 15.9 Å². The predicted molar refractivity (Wildman–Crippen MR) is 159 cm³/mol. The second-order valence-corrected chi connectivity index (χ2v) is 10.3. The summed E-state index contributed by atoms with van der Waals surface area (Å²) in [6, 6.07) is 11.3. The number of nitrogens with zero attached hydrogens (tertiary/aromatic N) is 2. The van der Waals surface area contributed by atoms with Crippen molar-refractivity contribution in [1.82, 2.24) is 20.6 Å². The van der Waals surface area contributed by atoms with Gasteiger partial charge < -0.3 is 30.7 Å². The number of ether oxygens (including phenoxy) is 2. The van der Waals surface area contributed by atoms with Gasteiger partial charge in [0.2, 0.25) is 0 Å². The van der Waals surface area contributed by atoms with Gasteiger partial charge in [0.25, 0.3) is 0 Å². The van der Waals surface area contributed by atoms with Gasteiger partial charge in [0.1, 0.15) is 33.1 Å². The quantitative estimate of drug-likeness (QED) is 0.283. The largest absolute Gasteiger partial charge is 0.444 e. The highest BCUT2D eigenvalue weighted by molar-refractivity contribution is 9.10. The number of halogens is 1. The summed E-state index contributed by atoms with van der Waals surface area (Å²) in [7, 11) is 3.64. The van der Waals surface area contributed by atoms with Gasteiger partial charge in [-0.15, -0.1) is 6.42 Å². The number of amides is 2. The van der Waals surface area contributed by atoms with Gasteiger partial charge in [0.15, 0.2) is 0 Å². The highest BCUT2D eigenvalue weighted by atomic mass is 79.9. The van der Waals surface area contributed by atoms with E-state index in [2.05, 4.69) is 64.9 Å². The summed E-state index contributed by atoms with van der Waals surface area (Å²) >= 11 is 3.25. The molecule has 0 aliphatic heterocycles. The van der Waals surface area contributed by atoms with Crippen LogP contribution in [-0.4, -0.2) is 60.5 Å². The van der Waals surface area contributed by atoms with Gasteiger partial charge in [-0.25, -0.2) is 19.6 Å². The van der Waals surface area contributed by atoms with E-state index in [1.807, 2.05) is 58.2 Å². The molecule has 2 heterocycles. The molecule has 0 radical (unpaired) electrons. The number of rotatable bonds is 4. The lowest BCUT2D eigenvalue weighted by atomic mass is 10.2. The van der Waals surface area contributed by atoms with E-state index in [1.165, 1.54) is 0 Å². The molecule has 2 aromatic rings. The van der Waals surface area contributed by atoms with Crippen LogP contribution in [0.25, 0.3) is 0 Å². The first kappa shape index (κ1) is 35.0. The van der Waals surface area contributed by atoms with Crippen molar-refractivity contribution in [2.75, 3.05) is 37.8 Å². The van der Waals surface area contributed by atoms with E-state index in [-0.39, 0.29) is 13.1 Å². The minimum Gasteiger partial charge on any atom is -0.444 e. The van der Waals surface area contributed by atoms with Crippen LogP contribution in [0.1, 0.15) is 47.2 Å². The van der Waals surface area contributed by atoms with Crippen LogP contribution in [0.3, 0.4) is 0 Å². The summed E-state index contributed by atoms with van der Waals surface area (Å²) in [6.45, 7) is 11.2. The third kappa shape index (κ3) is 20.7. The molecule has 0 fully saturated rings. The maximum atomic E-state index is 11.3. The van der Waals surface area contributed by atoms with Crippen molar-refractivity contribution >= 4 is 39.8 Å². The Labute approximate surface area is 240 Å². The summed E-state index contributed by atoms with van der Waals surface area (Å²) in [4.78, 5) is 30.5. The van der Waals surface area contributed by atoms with Crippen molar-refractivity contribution in [2.45, 2.75) is 52.7 Å². The molecule has 0 saturated carbocycles. The number of alkyl carbamates (subject to hydrolysis) is 2. The molecule has 212 valence electrons. The Morgan fingerprint density at radius 1 is 0.846 bits per heavy atom. The predicted octanol–water partition coefficient (Wildman–Crippen LogP) is 5.03. The molecular formula is C28H39BrN6O4. The molecule has 0 atom stereocenters. The molecule has 0 aromatic carbocycles. The number of hydrogen-bond donors (Lipinski definition) is 4. The van der Waals surface area contributed by atoms with Crippen LogP contribution in [0.4, 0.5) is 21.2 Å². The molecule has 10 nitrogen and oxygen atoms in total. The molecule has 0 saturated heterocycles. The van der Waals surface area contributed by atoms with E-state index >= 15 is 0 Å². The average Bonchev–Trinajstić information content (AvgIpc) is 2.84. The molecule has 0 unspecified atom stereocenters. The molecule has 4 N–H and O–H groups in total. The fraction of sp³-hybridized carbons (Fsp3) is 0.429. The van der Waals surface area contributed by atoms with Gasteiger partial charge in [-0.2, -0.15) is 0 Å². The molecule has 0 spiro atoms. The highest BCUT2D eigenvalue weighted by Gasteiger charge is 2.15. The fourth-order valence-corrected chi connectivity index (χ4v) is 2.54. The molecule has 2 rings (SSSR count). The van der Waals surface area contributed by atoms with Crippen molar-refractivity contribution in [1.29, 1.82) is 0 Å². The second-order valence-electron chi connectivity index (χ2n) is 9.47. The SMILES string of the molecule is C#CCNC(=O)OC(C)(C)C.CNc1cccc(Br)n1.CNc1cccc(C#CCNC(=O)OC(C)(C)C)n1. The van der Waals surface area contributed by atoms with Crippen LogP contribution in [-0.2, 0) is 9.47 Å². The minimum absolute atomic E-state index is 0.203. The van der Waals surface area contributed by atoms with E-state index in [9.17, 15) is 9.59 Å². The Morgan fingerprint density at radius 3 is 1.77 bits per heavy atom. The summed E-state index contributed by atoms with van der Waals surface area (Å²) in [5, 5.41) is 10.8. The Morgan fingerprint density at radius 2 is 1.33 bits per heavy atom. The first-order valence-corrected chi connectivity index (χ1v) is 12.8. The third-order valence-electron chi connectivity index (χ3n) is 3.65. The van der Waals surface area contributed by atoms with Crippen molar-refractivity contribution in [3.05, 3.63) is 46.7 Å². The van der Waals surface area contributed by atoms with E-state index in [0.29, 0.717) is 5.69 Å². The van der Waals surface area contributed by atoms with E-state index < -0.39 is 23.4 Å². The standard InChI is InChI=1S/C14H19N3O2.C8H13NO2.C6H7BrN2/c1-14(2,3)19-13(18)16-10-6-8-11-7-5-9-12(15-4)17-11;1-5-6-9-7(10)11-8(2,3)4;1-8-6-4-2-3-5(7)9-6/h5,7,9H,10H2,1-4H3,(H,15,17)(H,16,18);1H,6H2,2-4H3,(H,9,10);2-4H,1H3,(H,8,9). The topological polar surface area (TPSA) is 126 Å². The molecule has 0 aliphatic rings. The molecule has 2 aromatic heterocycles. The molecule has 0 aliphatic carbocycles. The maximum Gasteiger partial charge on any atom is 0.408 e. The van der Waals surface area contributed by atoms with E-state index in [1.54, 1.807) is 33.9 Å². The van der Waals surface area contributed by atoms with Crippen LogP contribution in [0, 0.1) is 24.2 Å². The summed E-state index contributed by atoms with van der Waals surface area (Å²) in [6.07, 6.45) is 3.97. The van der Waals surface area contributed by atoms with Gasteiger partial charge >= 0.3 is 12.2 Å². The van der Waals surface area contributed by atoms with Gasteiger partial charge in [-0.3, -0.25) is 0 Å². The number of anilines is 2. The van der Waals surface area contributed by atoms with Gasteiger partial charge in [0.05, 0.1) is 13.1 Å². The lowest BCUT2D eigenvalue weighted by Gasteiger charge is -2.19. The monoisotopic (exact) mass is 602 g/mol. The Hall–Kier alpha value is -3.96. The molecule has 0 bridgehead atoms. The Kier molecular flexibility index (Phi) is 16.5. The molecule has 39 heavy (non-hydrogen) atoms. The minimum atomic E-state index is -0.500. The van der Waals surface area contributed by atoms with Gasteiger partial charge in [0, 0.05) is 14.1 Å². The zero-order chi connectivity index (χ0) is 29.9. The maximum absolute atomic E-state index is 11.3. The summed E-state index contributed by atoms with van der Waals surface area (Å²) < 4.78 is 10.8. The van der Waals surface area contributed by atoms with Crippen molar-refractivity contribution in [3.63, 3.8) is 0 Å². The number of hydrogen-bond acceptors (Lipinski definition) is 8.